The Morgan fingerprint density at radius 1 is 0.758 bits per heavy atom. The van der Waals surface area contributed by atoms with Gasteiger partial charge in [0, 0.05) is 31.4 Å². The molecule has 2 aliphatic heterocycles. The van der Waals surface area contributed by atoms with Crippen molar-refractivity contribution in [2.24, 2.45) is 17.6 Å². The normalized spacial score (nSPS) is 18.6. The van der Waals surface area contributed by atoms with Crippen LogP contribution in [0.3, 0.4) is 0 Å². The highest BCUT2D eigenvalue weighted by Crippen LogP contribution is 2.26. The molecule has 1 aromatic heterocycles. The lowest BCUT2D eigenvalue weighted by molar-refractivity contribution is -0.148. The number of carbonyl (C=O) groups excluding carboxylic acids is 8. The number of hydrogen-bond acceptors (Lipinski definition) is 12. The van der Waals surface area contributed by atoms with E-state index in [1.54, 1.807) is 26.0 Å². The van der Waals surface area contributed by atoms with Gasteiger partial charge < -0.3 is 62.6 Å². The van der Waals surface area contributed by atoms with Crippen LogP contribution < -0.4 is 37.6 Å². The van der Waals surface area contributed by atoms with Crippen molar-refractivity contribution >= 4 is 53.2 Å². The maximum Gasteiger partial charge on any atom is 0.326 e. The van der Waals surface area contributed by atoms with Gasteiger partial charge >= 0.3 is 5.97 Å². The molecular weight excluding hydrogens is 859 g/mol. The fraction of sp³-hybridized carbons (Fsp3) is 0.591. The van der Waals surface area contributed by atoms with Gasteiger partial charge in [-0.3, -0.25) is 38.4 Å². The van der Waals surface area contributed by atoms with Crippen LogP contribution in [0.5, 0.6) is 5.75 Å². The number of nitrogens with two attached hydrogens (primary N) is 1. The molecule has 0 aliphatic carbocycles. The smallest absolute Gasteiger partial charge is 0.326 e. The number of nitrogens with one attached hydrogen (secondary N) is 7. The maximum absolute atomic E-state index is 14.1. The van der Waals surface area contributed by atoms with Gasteiger partial charge in [-0.1, -0.05) is 39.8 Å². The van der Waals surface area contributed by atoms with Crippen molar-refractivity contribution < 1.29 is 53.4 Å². The second-order valence-electron chi connectivity index (χ2n) is 17.7. The Hall–Kier alpha value is -6.58. The predicted octanol–water partition coefficient (Wildman–Crippen LogP) is -1.42. The number of amides is 8. The topological polar surface area (TPSA) is 327 Å². The van der Waals surface area contributed by atoms with E-state index in [0.717, 1.165) is 0 Å². The standard InChI is InChI=1S/C44H65N11O11/c1-23(2)17-31(52-38(59)30(45)18-27-11-13-29(56)14-12-27)40(61)50-26(6)42(63)55-16-8-10-34(55)43(64)54-15-7-9-33(54)41(62)49-25(5)37(58)51-32(19-28-20-46-22-48-28)39(60)47-21-35(57)53-36(24(3)4)44(65)66/h11-14,20,22-26,30-34,36,56H,7-10,15-19,21,45H2,1-6H3,(H,46,48)(H,47,60)(H,49,62)(H,50,61)(H,51,58)(H,52,59)(H,53,57)(H,65,66)/t25-,26-,30-,31-,32-,33-,34-,36-/m0/s1. The highest BCUT2D eigenvalue weighted by Gasteiger charge is 2.44. The number of carboxylic acids is 1. The minimum atomic E-state index is -1.24. The number of aromatic nitrogens is 2. The molecule has 2 fully saturated rings. The number of imidazole rings is 1. The monoisotopic (exact) mass is 923 g/mol. The van der Waals surface area contributed by atoms with Crippen molar-refractivity contribution in [3.8, 4) is 5.75 Å². The summed E-state index contributed by atoms with van der Waals surface area (Å²) in [4.78, 5) is 129. The summed E-state index contributed by atoms with van der Waals surface area (Å²) in [6.07, 6.45) is 4.74. The third-order valence-corrected chi connectivity index (χ3v) is 11.5. The van der Waals surface area contributed by atoms with Crippen LogP contribution in [0, 0.1) is 11.8 Å². The molecule has 0 spiro atoms. The highest BCUT2D eigenvalue weighted by atomic mass is 16.4. The van der Waals surface area contributed by atoms with E-state index in [1.807, 2.05) is 13.8 Å². The first kappa shape index (κ1) is 52.0. The average Bonchev–Trinajstić information content (AvgIpc) is 4.07. The zero-order valence-corrected chi connectivity index (χ0v) is 38.3. The van der Waals surface area contributed by atoms with E-state index in [0.29, 0.717) is 30.5 Å². The maximum atomic E-state index is 14.1. The van der Waals surface area contributed by atoms with E-state index in [-0.39, 0.29) is 50.4 Å². The van der Waals surface area contributed by atoms with Crippen molar-refractivity contribution in [1.82, 2.24) is 51.7 Å². The number of carbonyl (C=O) groups is 9. The van der Waals surface area contributed by atoms with Crippen molar-refractivity contribution in [2.45, 2.75) is 135 Å². The summed E-state index contributed by atoms with van der Waals surface area (Å²) < 4.78 is 0. The van der Waals surface area contributed by atoms with Gasteiger partial charge in [0.2, 0.25) is 47.3 Å². The number of hydrogen-bond donors (Lipinski definition) is 10. The summed E-state index contributed by atoms with van der Waals surface area (Å²) >= 11 is 0. The SMILES string of the molecule is CC(C)C[C@H](NC(=O)[C@@H](N)Cc1ccc(O)cc1)C(=O)N[C@@H](C)C(=O)N1CCC[C@H]1C(=O)N1CCC[C@H]1C(=O)N[C@@H](C)C(=O)N[C@@H](Cc1cnc[nH]1)C(=O)NCC(=O)N[C@H](C(=O)O)C(C)C. The lowest BCUT2D eigenvalue weighted by atomic mass is 10.0. The van der Waals surface area contributed by atoms with Crippen LogP contribution >= 0.6 is 0 Å². The second-order valence-corrected chi connectivity index (χ2v) is 17.7. The molecule has 3 heterocycles. The molecule has 66 heavy (non-hydrogen) atoms. The van der Waals surface area contributed by atoms with Gasteiger partial charge in [0.25, 0.3) is 0 Å². The summed E-state index contributed by atoms with van der Waals surface area (Å²) in [6.45, 7) is 9.77. The first-order valence-corrected chi connectivity index (χ1v) is 22.3. The van der Waals surface area contributed by atoms with Crippen LogP contribution in [-0.4, -0.2) is 151 Å². The minimum absolute atomic E-state index is 0.0155. The quantitative estimate of drug-likeness (QED) is 0.0649. The molecule has 22 nitrogen and oxygen atoms in total. The van der Waals surface area contributed by atoms with Crippen molar-refractivity contribution in [1.29, 1.82) is 0 Å². The van der Waals surface area contributed by atoms with Crippen LogP contribution in [0.15, 0.2) is 36.8 Å². The number of nitrogens with zero attached hydrogens (tertiary/aromatic N) is 3. The first-order valence-electron chi connectivity index (χ1n) is 22.3. The van der Waals surface area contributed by atoms with Crippen molar-refractivity contribution in [3.05, 3.63) is 48.0 Å². The van der Waals surface area contributed by atoms with E-state index in [4.69, 9.17) is 5.73 Å². The zero-order valence-electron chi connectivity index (χ0n) is 38.3. The number of likely N-dealkylation sites (tertiary alicyclic amines) is 2. The second kappa shape index (κ2) is 24.1. The molecule has 1 aromatic carbocycles. The summed E-state index contributed by atoms with van der Waals surface area (Å²) in [7, 11) is 0. The number of aromatic hydroxyl groups is 1. The molecule has 8 atom stereocenters. The van der Waals surface area contributed by atoms with E-state index in [2.05, 4.69) is 41.9 Å². The number of benzene rings is 1. The van der Waals surface area contributed by atoms with Crippen LogP contribution in [0.25, 0.3) is 0 Å². The molecule has 11 N–H and O–H groups in total. The summed E-state index contributed by atoms with van der Waals surface area (Å²) in [5.74, 6) is -6.62. The summed E-state index contributed by atoms with van der Waals surface area (Å²) in [5.41, 5.74) is 7.35. The van der Waals surface area contributed by atoms with Gasteiger partial charge in [0.05, 0.1) is 18.9 Å². The first-order chi connectivity index (χ1) is 31.2. The molecule has 2 aromatic rings. The molecule has 4 rings (SSSR count). The largest absolute Gasteiger partial charge is 0.508 e. The van der Waals surface area contributed by atoms with E-state index >= 15 is 0 Å². The minimum Gasteiger partial charge on any atom is -0.508 e. The Bertz CT molecular complexity index is 2050. The molecule has 2 saturated heterocycles. The number of aromatic amines is 1. The van der Waals surface area contributed by atoms with Crippen LogP contribution in [-0.2, 0) is 56.0 Å². The Morgan fingerprint density at radius 3 is 2.00 bits per heavy atom. The lowest BCUT2D eigenvalue weighted by Gasteiger charge is -2.33. The Kier molecular flexibility index (Phi) is 19.0. The molecule has 0 saturated carbocycles. The van der Waals surface area contributed by atoms with Gasteiger partial charge in [0.15, 0.2) is 0 Å². The molecule has 8 amide bonds. The molecule has 22 heteroatoms. The van der Waals surface area contributed by atoms with Crippen LogP contribution in [0.4, 0.5) is 0 Å². The van der Waals surface area contributed by atoms with Crippen molar-refractivity contribution in [3.63, 3.8) is 0 Å². The van der Waals surface area contributed by atoms with Gasteiger partial charge in [-0.25, -0.2) is 9.78 Å². The predicted molar refractivity (Wildman–Crippen MR) is 237 cm³/mol. The highest BCUT2D eigenvalue weighted by molar-refractivity contribution is 5.98. The number of aliphatic carboxylic acids is 1. The van der Waals surface area contributed by atoms with Gasteiger partial charge in [0.1, 0.15) is 48.0 Å². The van der Waals surface area contributed by atoms with Gasteiger partial charge in [-0.05, 0) is 81.9 Å². The number of phenolic OH excluding ortho intramolecular Hbond substituents is 1. The Labute approximate surface area is 383 Å². The molecule has 0 unspecified atom stereocenters. The fourth-order valence-corrected chi connectivity index (χ4v) is 7.89. The molecule has 2 aliphatic rings. The van der Waals surface area contributed by atoms with Crippen LogP contribution in [0.1, 0.15) is 84.9 Å². The van der Waals surface area contributed by atoms with E-state index < -0.39 is 114 Å². The molecule has 0 bridgehead atoms. The number of carboxylic acid groups (broad SMARTS) is 1. The van der Waals surface area contributed by atoms with Crippen LogP contribution in [0.2, 0.25) is 0 Å². The summed E-state index contributed by atoms with van der Waals surface area (Å²) in [6, 6.07) is -2.33. The van der Waals surface area contributed by atoms with E-state index in [9.17, 15) is 53.4 Å². The van der Waals surface area contributed by atoms with Crippen molar-refractivity contribution in [2.75, 3.05) is 19.6 Å². The number of phenols is 1. The lowest BCUT2D eigenvalue weighted by Crippen LogP contribution is -2.59. The fourth-order valence-electron chi connectivity index (χ4n) is 7.89. The zero-order chi connectivity index (χ0) is 48.8. The number of H-pyrrole nitrogens is 1. The average molecular weight is 924 g/mol. The third-order valence-electron chi connectivity index (χ3n) is 11.5. The molecular formula is C44H65N11O11. The third kappa shape index (κ3) is 14.7. The Morgan fingerprint density at radius 2 is 1.39 bits per heavy atom. The van der Waals surface area contributed by atoms with Gasteiger partial charge in [-0.15, -0.1) is 0 Å². The Balaban J connectivity index is 1.34. The van der Waals surface area contributed by atoms with E-state index in [1.165, 1.54) is 48.3 Å². The molecule has 0 radical (unpaired) electrons. The number of rotatable bonds is 22. The van der Waals surface area contributed by atoms with Gasteiger partial charge in [-0.2, -0.15) is 0 Å². The summed E-state index contributed by atoms with van der Waals surface area (Å²) in [5, 5.41) is 34.3. The molecule has 362 valence electrons.